The van der Waals surface area contributed by atoms with Crippen LogP contribution in [-0.2, 0) is 6.42 Å². The first-order valence-corrected chi connectivity index (χ1v) is 5.38. The highest BCUT2D eigenvalue weighted by atomic mass is 16.5. The van der Waals surface area contributed by atoms with E-state index in [0.717, 1.165) is 5.56 Å². The van der Waals surface area contributed by atoms with Gasteiger partial charge in [0, 0.05) is 18.7 Å². The highest BCUT2D eigenvalue weighted by Crippen LogP contribution is 2.16. The molecular formula is C13H14N2O2. The van der Waals surface area contributed by atoms with Crippen molar-refractivity contribution in [3.63, 3.8) is 0 Å². The summed E-state index contributed by atoms with van der Waals surface area (Å²) in [7, 11) is 1.56. The molecule has 1 unspecified atom stereocenters. The third-order valence-corrected chi connectivity index (χ3v) is 2.45. The minimum Gasteiger partial charge on any atom is -0.481 e. The summed E-state index contributed by atoms with van der Waals surface area (Å²) in [6.07, 6.45) is 1.41. The molecule has 0 spiro atoms. The Hall–Kier alpha value is -1.94. The second-order valence-electron chi connectivity index (χ2n) is 3.65. The van der Waals surface area contributed by atoms with Crippen LogP contribution in [0.25, 0.3) is 0 Å². The first-order chi connectivity index (χ1) is 8.29. The maximum absolute atomic E-state index is 10.0. The first kappa shape index (κ1) is 11.5. The van der Waals surface area contributed by atoms with Crippen LogP contribution in [0.3, 0.4) is 0 Å². The Morgan fingerprint density at radius 1 is 1.24 bits per heavy atom. The van der Waals surface area contributed by atoms with Crippen LogP contribution in [0, 0.1) is 0 Å². The van der Waals surface area contributed by atoms with Crippen molar-refractivity contribution in [2.24, 2.45) is 0 Å². The molecule has 0 fully saturated rings. The minimum absolute atomic E-state index is 0.376. The summed E-state index contributed by atoms with van der Waals surface area (Å²) in [6.45, 7) is 0. The van der Waals surface area contributed by atoms with E-state index in [1.165, 1.54) is 0 Å². The third-order valence-electron chi connectivity index (χ3n) is 2.45. The Kier molecular flexibility index (Phi) is 3.67. The van der Waals surface area contributed by atoms with Gasteiger partial charge in [0.1, 0.15) is 5.82 Å². The molecule has 0 aliphatic carbocycles. The largest absolute Gasteiger partial charge is 0.481 e. The Morgan fingerprint density at radius 3 is 2.71 bits per heavy atom. The molecule has 1 atom stereocenters. The third kappa shape index (κ3) is 3.01. The molecule has 0 aliphatic rings. The Labute approximate surface area is 99.9 Å². The van der Waals surface area contributed by atoms with Crippen molar-refractivity contribution in [3.05, 3.63) is 54.0 Å². The Balaban J connectivity index is 2.10. The first-order valence-electron chi connectivity index (χ1n) is 5.38. The van der Waals surface area contributed by atoms with Gasteiger partial charge in [0.15, 0.2) is 0 Å². The van der Waals surface area contributed by atoms with E-state index < -0.39 is 6.10 Å². The standard InChI is InChI=1S/C13H14N2O2/c1-17-13-7-8-14-12(15-13)9-11(16)10-5-3-2-4-6-10/h2-8,11,16H,9H2,1H3. The lowest BCUT2D eigenvalue weighted by Crippen LogP contribution is -2.05. The number of hydrogen-bond donors (Lipinski definition) is 1. The van der Waals surface area contributed by atoms with E-state index in [9.17, 15) is 5.11 Å². The molecule has 2 aromatic rings. The van der Waals surface area contributed by atoms with Crippen LogP contribution in [0.15, 0.2) is 42.6 Å². The van der Waals surface area contributed by atoms with Gasteiger partial charge in [0.05, 0.1) is 13.2 Å². The number of benzene rings is 1. The van der Waals surface area contributed by atoms with Crippen LogP contribution in [0.5, 0.6) is 5.88 Å². The van der Waals surface area contributed by atoms with Crippen molar-refractivity contribution in [2.45, 2.75) is 12.5 Å². The maximum atomic E-state index is 10.0. The highest BCUT2D eigenvalue weighted by molar-refractivity contribution is 5.19. The lowest BCUT2D eigenvalue weighted by Gasteiger charge is -2.10. The van der Waals surface area contributed by atoms with Gasteiger partial charge in [-0.05, 0) is 5.56 Å². The molecule has 0 saturated carbocycles. The molecule has 1 N–H and O–H groups in total. The van der Waals surface area contributed by atoms with Crippen LogP contribution >= 0.6 is 0 Å². The molecule has 0 bridgehead atoms. The summed E-state index contributed by atoms with van der Waals surface area (Å²) in [5, 5.41) is 10.0. The van der Waals surface area contributed by atoms with Gasteiger partial charge in [-0.1, -0.05) is 30.3 Å². The van der Waals surface area contributed by atoms with Gasteiger partial charge in [-0.25, -0.2) is 4.98 Å². The van der Waals surface area contributed by atoms with Crippen LogP contribution in [0.1, 0.15) is 17.5 Å². The monoisotopic (exact) mass is 230 g/mol. The average Bonchev–Trinajstić information content (AvgIpc) is 2.40. The quantitative estimate of drug-likeness (QED) is 0.869. The second kappa shape index (κ2) is 5.41. The summed E-state index contributed by atoms with van der Waals surface area (Å²) in [5.41, 5.74) is 0.860. The second-order valence-corrected chi connectivity index (χ2v) is 3.65. The minimum atomic E-state index is -0.594. The van der Waals surface area contributed by atoms with Gasteiger partial charge in [0.2, 0.25) is 5.88 Å². The summed E-state index contributed by atoms with van der Waals surface area (Å²) in [5.74, 6) is 1.08. The molecule has 4 heteroatoms. The Morgan fingerprint density at radius 2 is 2.00 bits per heavy atom. The number of hydrogen-bond acceptors (Lipinski definition) is 4. The fraction of sp³-hybridized carbons (Fsp3) is 0.231. The summed E-state index contributed by atoms with van der Waals surface area (Å²) < 4.78 is 5.01. The Bertz CT molecular complexity index is 474. The zero-order chi connectivity index (χ0) is 12.1. The fourth-order valence-electron chi connectivity index (χ4n) is 1.56. The highest BCUT2D eigenvalue weighted by Gasteiger charge is 2.10. The molecule has 1 aromatic carbocycles. The van der Waals surface area contributed by atoms with Gasteiger partial charge < -0.3 is 9.84 Å². The smallest absolute Gasteiger partial charge is 0.216 e. The summed E-state index contributed by atoms with van der Waals surface area (Å²) in [6, 6.07) is 11.1. The van der Waals surface area contributed by atoms with E-state index in [0.29, 0.717) is 18.1 Å². The molecule has 4 nitrogen and oxygen atoms in total. The predicted molar refractivity (Wildman–Crippen MR) is 63.7 cm³/mol. The predicted octanol–water partition coefficient (Wildman–Crippen LogP) is 1.76. The fourth-order valence-corrected chi connectivity index (χ4v) is 1.56. The van der Waals surface area contributed by atoms with Crippen LogP contribution in [-0.4, -0.2) is 22.2 Å². The molecule has 88 valence electrons. The number of nitrogens with zero attached hydrogens (tertiary/aromatic N) is 2. The van der Waals surface area contributed by atoms with E-state index in [1.54, 1.807) is 19.4 Å². The van der Waals surface area contributed by atoms with Gasteiger partial charge in [-0.15, -0.1) is 0 Å². The topological polar surface area (TPSA) is 55.2 Å². The zero-order valence-corrected chi connectivity index (χ0v) is 9.58. The van der Waals surface area contributed by atoms with Gasteiger partial charge >= 0.3 is 0 Å². The molecule has 17 heavy (non-hydrogen) atoms. The molecule has 1 heterocycles. The zero-order valence-electron chi connectivity index (χ0n) is 9.58. The van der Waals surface area contributed by atoms with Crippen molar-refractivity contribution in [3.8, 4) is 5.88 Å². The average molecular weight is 230 g/mol. The molecule has 1 aromatic heterocycles. The van der Waals surface area contributed by atoms with Crippen molar-refractivity contribution >= 4 is 0 Å². The van der Waals surface area contributed by atoms with Crippen molar-refractivity contribution in [2.75, 3.05) is 7.11 Å². The van der Waals surface area contributed by atoms with Crippen molar-refractivity contribution < 1.29 is 9.84 Å². The van der Waals surface area contributed by atoms with E-state index in [4.69, 9.17) is 4.74 Å². The molecule has 0 amide bonds. The number of aliphatic hydroxyl groups excluding tert-OH is 1. The molecular weight excluding hydrogens is 216 g/mol. The van der Waals surface area contributed by atoms with Crippen molar-refractivity contribution in [1.82, 2.24) is 9.97 Å². The summed E-state index contributed by atoms with van der Waals surface area (Å²) in [4.78, 5) is 8.27. The number of rotatable bonds is 4. The lowest BCUT2D eigenvalue weighted by molar-refractivity contribution is 0.175. The van der Waals surface area contributed by atoms with Crippen LogP contribution < -0.4 is 4.74 Å². The number of methoxy groups -OCH3 is 1. The molecule has 2 rings (SSSR count). The molecule has 0 aliphatic heterocycles. The lowest BCUT2D eigenvalue weighted by atomic mass is 10.1. The number of aliphatic hydroxyl groups is 1. The molecule has 0 radical (unpaired) electrons. The SMILES string of the molecule is COc1ccnc(CC(O)c2ccccc2)n1. The van der Waals surface area contributed by atoms with Gasteiger partial charge in [-0.2, -0.15) is 4.98 Å². The number of aromatic nitrogens is 2. The van der Waals surface area contributed by atoms with E-state index in [-0.39, 0.29) is 0 Å². The van der Waals surface area contributed by atoms with Gasteiger partial charge in [0.25, 0.3) is 0 Å². The van der Waals surface area contributed by atoms with Crippen molar-refractivity contribution in [1.29, 1.82) is 0 Å². The summed E-state index contributed by atoms with van der Waals surface area (Å²) >= 11 is 0. The van der Waals surface area contributed by atoms with Crippen LogP contribution in [0.4, 0.5) is 0 Å². The van der Waals surface area contributed by atoms with Gasteiger partial charge in [-0.3, -0.25) is 0 Å². The normalized spacial score (nSPS) is 12.1. The molecule has 0 saturated heterocycles. The maximum Gasteiger partial charge on any atom is 0.216 e. The van der Waals surface area contributed by atoms with E-state index >= 15 is 0 Å². The van der Waals surface area contributed by atoms with Crippen LogP contribution in [0.2, 0.25) is 0 Å². The van der Waals surface area contributed by atoms with E-state index in [1.807, 2.05) is 30.3 Å². The number of ether oxygens (including phenoxy) is 1. The van der Waals surface area contributed by atoms with E-state index in [2.05, 4.69) is 9.97 Å².